The average Bonchev–Trinajstić information content (AvgIpc) is 3.07. The highest BCUT2D eigenvalue weighted by atomic mass is 32.1. The van der Waals surface area contributed by atoms with Crippen molar-refractivity contribution in [1.29, 1.82) is 0 Å². The Hall–Kier alpha value is -2.75. The number of thiophene rings is 1. The largest absolute Gasteiger partial charge is 0.405 e. The molecule has 1 atom stereocenters. The van der Waals surface area contributed by atoms with Crippen LogP contribution in [0.15, 0.2) is 35.8 Å². The first kappa shape index (κ1) is 18.1. The van der Waals surface area contributed by atoms with Crippen molar-refractivity contribution >= 4 is 33.4 Å². The van der Waals surface area contributed by atoms with Gasteiger partial charge in [0.25, 0.3) is 5.91 Å². The zero-order valence-corrected chi connectivity index (χ0v) is 14.4. The van der Waals surface area contributed by atoms with Crippen molar-refractivity contribution in [3.63, 3.8) is 0 Å². The Morgan fingerprint density at radius 3 is 2.77 bits per heavy atom. The normalized spacial score (nSPS) is 12.8. The molecule has 3 aromatic rings. The van der Waals surface area contributed by atoms with Crippen LogP contribution in [0.2, 0.25) is 0 Å². The molecule has 0 saturated heterocycles. The first-order valence-electron chi connectivity index (χ1n) is 7.61. The summed E-state index contributed by atoms with van der Waals surface area (Å²) in [5.41, 5.74) is 1.13. The van der Waals surface area contributed by atoms with E-state index < -0.39 is 18.6 Å². The number of carbonyl (C=O) groups is 1. The number of nitrogens with one attached hydrogen (secondary N) is 2. The fraction of sp³-hybridized carbons (Fsp3) is 0.250. The molecular weight excluding hydrogens is 367 g/mol. The molecule has 0 aromatic carbocycles. The Labute approximate surface area is 150 Å². The first-order valence-corrected chi connectivity index (χ1v) is 8.49. The minimum Gasteiger partial charge on any atom is -0.346 e. The summed E-state index contributed by atoms with van der Waals surface area (Å²) in [4.78, 5) is 24.8. The van der Waals surface area contributed by atoms with Gasteiger partial charge in [-0.2, -0.15) is 13.2 Å². The van der Waals surface area contributed by atoms with Gasteiger partial charge in [0.2, 0.25) is 5.95 Å². The second-order valence-corrected chi connectivity index (χ2v) is 6.37. The van der Waals surface area contributed by atoms with E-state index in [1.807, 2.05) is 24.4 Å². The predicted octanol–water partition coefficient (Wildman–Crippen LogP) is 3.55. The number of aromatic nitrogens is 3. The van der Waals surface area contributed by atoms with Crippen LogP contribution < -0.4 is 10.6 Å². The molecule has 26 heavy (non-hydrogen) atoms. The van der Waals surface area contributed by atoms with E-state index in [1.165, 1.54) is 11.3 Å². The molecule has 10 heteroatoms. The number of halogens is 3. The van der Waals surface area contributed by atoms with E-state index in [9.17, 15) is 18.0 Å². The Morgan fingerprint density at radius 2 is 2.08 bits per heavy atom. The molecule has 3 rings (SSSR count). The minimum absolute atomic E-state index is 0.0926. The van der Waals surface area contributed by atoms with Crippen LogP contribution in [-0.2, 0) is 0 Å². The molecule has 0 spiro atoms. The summed E-state index contributed by atoms with van der Waals surface area (Å²) < 4.78 is 37.5. The Balaban J connectivity index is 1.87. The molecule has 1 amide bonds. The van der Waals surface area contributed by atoms with Crippen molar-refractivity contribution in [2.45, 2.75) is 19.1 Å². The lowest BCUT2D eigenvalue weighted by Gasteiger charge is -2.14. The van der Waals surface area contributed by atoms with Crippen molar-refractivity contribution < 1.29 is 18.0 Å². The molecule has 2 N–H and O–H groups in total. The summed E-state index contributed by atoms with van der Waals surface area (Å²) in [5.74, 6) is -0.753. The molecule has 0 saturated carbocycles. The number of pyridine rings is 1. The van der Waals surface area contributed by atoms with Crippen LogP contribution in [0.4, 0.5) is 19.1 Å². The van der Waals surface area contributed by atoms with E-state index in [1.54, 1.807) is 23.7 Å². The SMILES string of the molecule is C[C@H](Nc1nc(C(=O)NCC(F)(F)F)c2sccc2n1)c1ccccn1. The second kappa shape index (κ2) is 7.24. The molecule has 0 fully saturated rings. The summed E-state index contributed by atoms with van der Waals surface area (Å²) in [7, 11) is 0. The number of anilines is 1. The lowest BCUT2D eigenvalue weighted by atomic mass is 10.2. The van der Waals surface area contributed by atoms with Crippen LogP contribution in [0.5, 0.6) is 0 Å². The first-order chi connectivity index (χ1) is 12.3. The average molecular weight is 381 g/mol. The monoisotopic (exact) mass is 381 g/mol. The lowest BCUT2D eigenvalue weighted by molar-refractivity contribution is -0.123. The molecule has 0 aliphatic heterocycles. The number of alkyl halides is 3. The van der Waals surface area contributed by atoms with Crippen LogP contribution in [-0.4, -0.2) is 33.6 Å². The van der Waals surface area contributed by atoms with Crippen molar-refractivity contribution in [3.05, 3.63) is 47.2 Å². The van der Waals surface area contributed by atoms with Crippen LogP contribution in [0.1, 0.15) is 29.1 Å². The third-order valence-electron chi connectivity index (χ3n) is 3.45. The maximum Gasteiger partial charge on any atom is 0.405 e. The van der Waals surface area contributed by atoms with Crippen LogP contribution in [0.3, 0.4) is 0 Å². The van der Waals surface area contributed by atoms with Crippen molar-refractivity contribution in [3.8, 4) is 0 Å². The maximum absolute atomic E-state index is 12.4. The molecule has 0 aliphatic carbocycles. The van der Waals surface area contributed by atoms with Gasteiger partial charge in [-0.25, -0.2) is 9.97 Å². The highest BCUT2D eigenvalue weighted by Gasteiger charge is 2.29. The topological polar surface area (TPSA) is 79.8 Å². The van der Waals surface area contributed by atoms with E-state index >= 15 is 0 Å². The second-order valence-electron chi connectivity index (χ2n) is 5.45. The number of amides is 1. The number of hydrogen-bond acceptors (Lipinski definition) is 6. The zero-order chi connectivity index (χ0) is 18.7. The molecule has 0 aliphatic rings. The smallest absolute Gasteiger partial charge is 0.346 e. The molecule has 0 unspecified atom stereocenters. The third-order valence-corrected chi connectivity index (χ3v) is 4.36. The summed E-state index contributed by atoms with van der Waals surface area (Å²) >= 11 is 1.19. The molecular formula is C16H14F3N5OS. The Morgan fingerprint density at radius 1 is 1.27 bits per heavy atom. The number of rotatable bonds is 5. The third kappa shape index (κ3) is 4.26. The number of nitrogens with zero attached hydrogens (tertiary/aromatic N) is 3. The van der Waals surface area contributed by atoms with Crippen LogP contribution >= 0.6 is 11.3 Å². The number of hydrogen-bond donors (Lipinski definition) is 2. The number of fused-ring (bicyclic) bond motifs is 1. The van der Waals surface area contributed by atoms with Gasteiger partial charge in [-0.3, -0.25) is 9.78 Å². The predicted molar refractivity (Wildman–Crippen MR) is 92.1 cm³/mol. The Bertz CT molecular complexity index is 913. The maximum atomic E-state index is 12.4. The van der Waals surface area contributed by atoms with E-state index in [4.69, 9.17) is 0 Å². The summed E-state index contributed by atoms with van der Waals surface area (Å²) in [6.45, 7) is 0.419. The van der Waals surface area contributed by atoms with Gasteiger partial charge in [0.15, 0.2) is 5.69 Å². The van der Waals surface area contributed by atoms with E-state index in [0.29, 0.717) is 10.2 Å². The highest BCUT2D eigenvalue weighted by molar-refractivity contribution is 7.17. The van der Waals surface area contributed by atoms with E-state index in [-0.39, 0.29) is 17.7 Å². The van der Waals surface area contributed by atoms with Gasteiger partial charge < -0.3 is 10.6 Å². The quantitative estimate of drug-likeness (QED) is 0.707. The fourth-order valence-electron chi connectivity index (χ4n) is 2.25. The number of carbonyl (C=O) groups excluding carboxylic acids is 1. The molecule has 6 nitrogen and oxygen atoms in total. The Kier molecular flexibility index (Phi) is 5.03. The highest BCUT2D eigenvalue weighted by Crippen LogP contribution is 2.25. The van der Waals surface area contributed by atoms with Crippen molar-refractivity contribution in [2.24, 2.45) is 0 Å². The van der Waals surface area contributed by atoms with Gasteiger partial charge >= 0.3 is 6.18 Å². The van der Waals surface area contributed by atoms with Gasteiger partial charge in [0, 0.05) is 6.20 Å². The molecule has 0 radical (unpaired) electrons. The molecule has 136 valence electrons. The van der Waals surface area contributed by atoms with Crippen molar-refractivity contribution in [1.82, 2.24) is 20.3 Å². The van der Waals surface area contributed by atoms with Gasteiger partial charge in [0.05, 0.1) is 22.0 Å². The van der Waals surface area contributed by atoms with Crippen LogP contribution in [0, 0.1) is 0 Å². The van der Waals surface area contributed by atoms with Gasteiger partial charge in [-0.05, 0) is 30.5 Å². The summed E-state index contributed by atoms with van der Waals surface area (Å²) in [6.07, 6.45) is -2.85. The van der Waals surface area contributed by atoms with Gasteiger partial charge in [0.1, 0.15) is 6.54 Å². The lowest BCUT2D eigenvalue weighted by Crippen LogP contribution is -2.34. The fourth-order valence-corrected chi connectivity index (χ4v) is 3.06. The van der Waals surface area contributed by atoms with Gasteiger partial charge in [-0.1, -0.05) is 6.07 Å². The van der Waals surface area contributed by atoms with Crippen molar-refractivity contribution in [2.75, 3.05) is 11.9 Å². The van der Waals surface area contributed by atoms with Crippen LogP contribution in [0.25, 0.3) is 10.2 Å². The zero-order valence-electron chi connectivity index (χ0n) is 13.5. The summed E-state index contributed by atoms with van der Waals surface area (Å²) in [5, 5.41) is 6.57. The minimum atomic E-state index is -4.49. The standard InChI is InChI=1S/C16H14F3N5OS/c1-9(10-4-2-3-6-20-10)22-15-23-11-5-7-26-13(11)12(24-15)14(25)21-8-16(17,18)19/h2-7,9H,8H2,1H3,(H,21,25)(H,22,23,24)/t9-/m0/s1. The molecule has 0 bridgehead atoms. The van der Waals surface area contributed by atoms with E-state index in [2.05, 4.69) is 20.3 Å². The molecule has 3 aromatic heterocycles. The molecule has 3 heterocycles. The summed E-state index contributed by atoms with van der Waals surface area (Å²) in [6, 6.07) is 6.86. The van der Waals surface area contributed by atoms with Gasteiger partial charge in [-0.15, -0.1) is 11.3 Å². The van der Waals surface area contributed by atoms with E-state index in [0.717, 1.165) is 5.69 Å².